The van der Waals surface area contributed by atoms with Crippen molar-refractivity contribution in [1.82, 2.24) is 9.97 Å². The predicted molar refractivity (Wildman–Crippen MR) is 146 cm³/mol. The zero-order chi connectivity index (χ0) is 23.2. The topological polar surface area (TPSA) is 32.3 Å². The standard InChI is InChI=1S/C30H21BN4/c1-3-12-23(13-4-1)31-34(24-14-5-2-6-15-24)26-17-7-8-18-27(26)35(31)28-21-22-11-9-19-32-29(22)30-25(28)16-10-20-33-30/h1-21H. The Morgan fingerprint density at radius 2 is 1.14 bits per heavy atom. The molecule has 0 saturated heterocycles. The average Bonchev–Trinajstić information content (AvgIpc) is 3.29. The van der Waals surface area contributed by atoms with E-state index in [9.17, 15) is 0 Å². The molecule has 7 rings (SSSR count). The van der Waals surface area contributed by atoms with Crippen LogP contribution in [0.3, 0.4) is 0 Å². The van der Waals surface area contributed by atoms with Crippen LogP contribution in [0.4, 0.5) is 22.7 Å². The first-order valence-corrected chi connectivity index (χ1v) is 11.8. The molecule has 1 aliphatic rings. The fourth-order valence-corrected chi connectivity index (χ4v) is 5.26. The molecule has 4 aromatic carbocycles. The molecule has 0 amide bonds. The number of hydrogen-bond donors (Lipinski definition) is 0. The van der Waals surface area contributed by atoms with E-state index in [0.717, 1.165) is 33.2 Å². The van der Waals surface area contributed by atoms with Crippen LogP contribution in [0, 0.1) is 0 Å². The van der Waals surface area contributed by atoms with Gasteiger partial charge in [-0.1, -0.05) is 66.7 Å². The van der Waals surface area contributed by atoms with Crippen LogP contribution in [0.1, 0.15) is 0 Å². The molecule has 0 spiro atoms. The summed E-state index contributed by atoms with van der Waals surface area (Å²) in [6.45, 7) is -0.0615. The largest absolute Gasteiger partial charge is 0.420 e. The first-order valence-electron chi connectivity index (χ1n) is 11.8. The van der Waals surface area contributed by atoms with Crippen molar-refractivity contribution in [2.45, 2.75) is 0 Å². The van der Waals surface area contributed by atoms with E-state index in [1.807, 2.05) is 24.5 Å². The molecule has 5 heteroatoms. The molecule has 0 saturated carbocycles. The Labute approximate surface area is 204 Å². The highest BCUT2D eigenvalue weighted by atomic mass is 15.3. The van der Waals surface area contributed by atoms with E-state index in [0.29, 0.717) is 0 Å². The second-order valence-electron chi connectivity index (χ2n) is 8.72. The number of nitrogens with zero attached hydrogens (tertiary/aromatic N) is 4. The van der Waals surface area contributed by atoms with Gasteiger partial charge in [-0.3, -0.25) is 9.97 Å². The van der Waals surface area contributed by atoms with Crippen LogP contribution in [0.2, 0.25) is 0 Å². The number of pyridine rings is 2. The van der Waals surface area contributed by atoms with Gasteiger partial charge in [0.1, 0.15) is 0 Å². The van der Waals surface area contributed by atoms with Crippen molar-refractivity contribution in [2.75, 3.05) is 9.62 Å². The summed E-state index contributed by atoms with van der Waals surface area (Å²) in [5, 5.41) is 2.17. The van der Waals surface area contributed by atoms with Crippen LogP contribution >= 0.6 is 0 Å². The number of para-hydroxylation sites is 3. The zero-order valence-electron chi connectivity index (χ0n) is 19.0. The normalized spacial score (nSPS) is 13.0. The number of benzene rings is 4. The Bertz CT molecular complexity index is 1670. The van der Waals surface area contributed by atoms with Gasteiger partial charge in [0.2, 0.25) is 0 Å². The maximum absolute atomic E-state index is 4.77. The van der Waals surface area contributed by atoms with Crippen LogP contribution in [-0.2, 0) is 0 Å². The van der Waals surface area contributed by atoms with Gasteiger partial charge in [0.15, 0.2) is 0 Å². The maximum atomic E-state index is 4.77. The Hall–Kier alpha value is -4.64. The third kappa shape index (κ3) is 3.09. The minimum Gasteiger partial charge on any atom is -0.360 e. The van der Waals surface area contributed by atoms with Crippen molar-refractivity contribution in [3.8, 4) is 0 Å². The molecule has 0 fully saturated rings. The Kier molecular flexibility index (Phi) is 4.52. The second-order valence-corrected chi connectivity index (χ2v) is 8.72. The lowest BCUT2D eigenvalue weighted by atomic mass is 9.64. The minimum atomic E-state index is -0.0615. The monoisotopic (exact) mass is 448 g/mol. The Balaban J connectivity index is 1.57. The first kappa shape index (κ1) is 19.8. The Morgan fingerprint density at radius 1 is 0.514 bits per heavy atom. The highest BCUT2D eigenvalue weighted by molar-refractivity contribution is 6.84. The van der Waals surface area contributed by atoms with Crippen molar-refractivity contribution in [2.24, 2.45) is 0 Å². The lowest BCUT2D eigenvalue weighted by Crippen LogP contribution is -2.53. The van der Waals surface area contributed by atoms with Crippen LogP contribution in [-0.4, -0.2) is 17.0 Å². The number of rotatable bonds is 3. The third-order valence-corrected chi connectivity index (χ3v) is 6.72. The predicted octanol–water partition coefficient (Wildman–Crippen LogP) is 6.47. The molecule has 6 aromatic rings. The molecular weight excluding hydrogens is 427 g/mol. The lowest BCUT2D eigenvalue weighted by molar-refractivity contribution is 1.36. The van der Waals surface area contributed by atoms with Gasteiger partial charge in [-0.25, -0.2) is 0 Å². The highest BCUT2D eigenvalue weighted by Gasteiger charge is 2.43. The van der Waals surface area contributed by atoms with Crippen molar-refractivity contribution in [3.05, 3.63) is 128 Å². The molecule has 35 heavy (non-hydrogen) atoms. The molecule has 1 aliphatic heterocycles. The molecule has 0 aliphatic carbocycles. The van der Waals surface area contributed by atoms with Gasteiger partial charge in [0.25, 0.3) is 0 Å². The lowest BCUT2D eigenvalue weighted by Gasteiger charge is -2.31. The van der Waals surface area contributed by atoms with E-state index in [-0.39, 0.29) is 6.98 Å². The SMILES string of the molecule is c1ccc(B2N(c3ccccc3)c3ccccc3N2c2cc3cccnc3c3ncccc23)cc1. The van der Waals surface area contributed by atoms with Gasteiger partial charge in [0, 0.05) is 34.5 Å². The van der Waals surface area contributed by atoms with Crippen molar-refractivity contribution in [1.29, 1.82) is 0 Å². The molecule has 2 aromatic heterocycles. The molecule has 0 N–H and O–H groups in total. The summed E-state index contributed by atoms with van der Waals surface area (Å²) < 4.78 is 0. The zero-order valence-corrected chi connectivity index (χ0v) is 19.0. The van der Waals surface area contributed by atoms with Gasteiger partial charge in [-0.2, -0.15) is 0 Å². The summed E-state index contributed by atoms with van der Waals surface area (Å²) in [7, 11) is 0. The van der Waals surface area contributed by atoms with E-state index >= 15 is 0 Å². The van der Waals surface area contributed by atoms with E-state index in [2.05, 4.69) is 118 Å². The van der Waals surface area contributed by atoms with Gasteiger partial charge in [-0.05, 0) is 54.0 Å². The molecule has 0 radical (unpaired) electrons. The summed E-state index contributed by atoms with van der Waals surface area (Å²) in [6, 6.07) is 40.5. The van der Waals surface area contributed by atoms with Gasteiger partial charge < -0.3 is 9.62 Å². The van der Waals surface area contributed by atoms with E-state index in [4.69, 9.17) is 4.98 Å². The maximum Gasteiger partial charge on any atom is 0.420 e. The summed E-state index contributed by atoms with van der Waals surface area (Å²) >= 11 is 0. The smallest absolute Gasteiger partial charge is 0.360 e. The van der Waals surface area contributed by atoms with E-state index < -0.39 is 0 Å². The molecular formula is C30H21BN4. The molecule has 0 atom stereocenters. The highest BCUT2D eigenvalue weighted by Crippen LogP contribution is 2.48. The number of fused-ring (bicyclic) bond motifs is 4. The first-order chi connectivity index (χ1) is 17.4. The fourth-order valence-electron chi connectivity index (χ4n) is 5.26. The number of anilines is 4. The number of hydrogen-bond acceptors (Lipinski definition) is 4. The molecule has 0 bridgehead atoms. The van der Waals surface area contributed by atoms with Gasteiger partial charge in [-0.15, -0.1) is 0 Å². The van der Waals surface area contributed by atoms with E-state index in [1.165, 1.54) is 16.8 Å². The minimum absolute atomic E-state index is 0.0615. The quantitative estimate of drug-likeness (QED) is 0.230. The summed E-state index contributed by atoms with van der Waals surface area (Å²) in [6.07, 6.45) is 3.69. The molecule has 3 heterocycles. The summed E-state index contributed by atoms with van der Waals surface area (Å²) in [5.74, 6) is 0. The van der Waals surface area contributed by atoms with Crippen molar-refractivity contribution >= 4 is 57.0 Å². The van der Waals surface area contributed by atoms with Crippen molar-refractivity contribution < 1.29 is 0 Å². The molecule has 0 unspecified atom stereocenters. The fraction of sp³-hybridized carbons (Fsp3) is 0. The van der Waals surface area contributed by atoms with E-state index in [1.54, 1.807) is 0 Å². The van der Waals surface area contributed by atoms with Crippen LogP contribution < -0.4 is 15.1 Å². The van der Waals surface area contributed by atoms with Crippen LogP contribution in [0.5, 0.6) is 0 Å². The summed E-state index contributed by atoms with van der Waals surface area (Å²) in [5.41, 5.74) is 7.68. The number of aromatic nitrogens is 2. The second kappa shape index (κ2) is 7.99. The average molecular weight is 448 g/mol. The third-order valence-electron chi connectivity index (χ3n) is 6.72. The van der Waals surface area contributed by atoms with Crippen LogP contribution in [0.15, 0.2) is 128 Å². The van der Waals surface area contributed by atoms with Gasteiger partial charge in [0.05, 0.1) is 22.4 Å². The molecule has 4 nitrogen and oxygen atoms in total. The molecule has 164 valence electrons. The Morgan fingerprint density at radius 3 is 1.91 bits per heavy atom. The summed E-state index contributed by atoms with van der Waals surface area (Å²) in [4.78, 5) is 14.3. The van der Waals surface area contributed by atoms with Gasteiger partial charge >= 0.3 is 6.98 Å². The van der Waals surface area contributed by atoms with Crippen molar-refractivity contribution in [3.63, 3.8) is 0 Å². The van der Waals surface area contributed by atoms with Crippen LogP contribution in [0.25, 0.3) is 21.8 Å².